The van der Waals surface area contributed by atoms with Crippen LogP contribution in [0.2, 0.25) is 0 Å². The highest BCUT2D eigenvalue weighted by Crippen LogP contribution is 2.22. The summed E-state index contributed by atoms with van der Waals surface area (Å²) in [6.07, 6.45) is 23.9. The lowest BCUT2D eigenvalue weighted by atomic mass is 9.95. The predicted octanol–water partition coefficient (Wildman–Crippen LogP) is 9.04. The van der Waals surface area contributed by atoms with E-state index in [-0.39, 0.29) is 0 Å². The predicted molar refractivity (Wildman–Crippen MR) is 185 cm³/mol. The molecule has 5 nitrogen and oxygen atoms in total. The third-order valence-corrected chi connectivity index (χ3v) is 6.67. The van der Waals surface area contributed by atoms with Gasteiger partial charge in [-0.1, -0.05) is 84.6 Å². The van der Waals surface area contributed by atoms with Crippen molar-refractivity contribution in [2.45, 2.75) is 80.2 Å². The van der Waals surface area contributed by atoms with Gasteiger partial charge in [-0.2, -0.15) is 0 Å². The summed E-state index contributed by atoms with van der Waals surface area (Å²) in [5.74, 6) is 0.452. The van der Waals surface area contributed by atoms with Gasteiger partial charge >= 0.3 is 0 Å². The Morgan fingerprint density at radius 3 is 2.29 bits per heavy atom. The Morgan fingerprint density at radius 2 is 1.78 bits per heavy atom. The van der Waals surface area contributed by atoms with E-state index in [1.807, 2.05) is 59.3 Å². The van der Waals surface area contributed by atoms with Gasteiger partial charge in [0, 0.05) is 37.4 Å². The van der Waals surface area contributed by atoms with Gasteiger partial charge in [-0.3, -0.25) is 4.98 Å². The number of anilines is 1. The van der Waals surface area contributed by atoms with E-state index in [2.05, 4.69) is 91.3 Å². The first kappa shape index (κ1) is 37.6. The van der Waals surface area contributed by atoms with Crippen LogP contribution < -0.4 is 16.0 Å². The summed E-state index contributed by atoms with van der Waals surface area (Å²) in [6.45, 7) is 24.4. The molecular weight excluding hydrogens is 502 g/mol. The normalized spacial score (nSPS) is 15.9. The Hall–Kier alpha value is -3.44. The molecule has 41 heavy (non-hydrogen) atoms. The van der Waals surface area contributed by atoms with Crippen LogP contribution in [-0.4, -0.2) is 37.4 Å². The Balaban J connectivity index is 0.000000798. The fourth-order valence-corrected chi connectivity index (χ4v) is 4.06. The fourth-order valence-electron chi connectivity index (χ4n) is 4.06. The molecule has 0 bridgehead atoms. The molecule has 0 spiro atoms. The van der Waals surface area contributed by atoms with E-state index >= 15 is 0 Å². The number of pyridine rings is 1. The molecule has 2 rings (SSSR count). The molecule has 1 aromatic rings. The van der Waals surface area contributed by atoms with E-state index in [1.54, 1.807) is 0 Å². The summed E-state index contributed by atoms with van der Waals surface area (Å²) in [4.78, 5) is 4.17. The second-order valence-electron chi connectivity index (χ2n) is 9.72. The smallest absolute Gasteiger partial charge is 0.0534 e. The molecular formula is C36H57N5. The summed E-state index contributed by atoms with van der Waals surface area (Å²) in [6, 6.07) is 2.66. The molecule has 1 aliphatic rings. The molecule has 5 heteroatoms. The number of hydrogen-bond donors (Lipinski definition) is 4. The van der Waals surface area contributed by atoms with Crippen LogP contribution in [0, 0.1) is 11.3 Å². The summed E-state index contributed by atoms with van der Waals surface area (Å²) >= 11 is 0. The van der Waals surface area contributed by atoms with Crippen LogP contribution in [0.1, 0.15) is 79.7 Å². The monoisotopic (exact) mass is 559 g/mol. The van der Waals surface area contributed by atoms with Crippen LogP contribution in [0.25, 0.3) is 6.08 Å². The van der Waals surface area contributed by atoms with Crippen LogP contribution in [0.4, 0.5) is 5.69 Å². The summed E-state index contributed by atoms with van der Waals surface area (Å²) in [7, 11) is 1.92. The Kier molecular flexibility index (Phi) is 21.3. The van der Waals surface area contributed by atoms with Crippen molar-refractivity contribution in [3.8, 4) is 0 Å². The van der Waals surface area contributed by atoms with E-state index in [9.17, 15) is 0 Å². The average Bonchev–Trinajstić information content (AvgIpc) is 3.02. The van der Waals surface area contributed by atoms with Crippen molar-refractivity contribution >= 4 is 18.0 Å². The first-order valence-corrected chi connectivity index (χ1v) is 15.2. The van der Waals surface area contributed by atoms with Gasteiger partial charge in [-0.05, 0) is 98.2 Å². The van der Waals surface area contributed by atoms with Crippen molar-refractivity contribution in [1.82, 2.24) is 15.6 Å². The van der Waals surface area contributed by atoms with E-state index in [0.717, 1.165) is 65.2 Å². The number of nitrogens with zero attached hydrogens (tertiary/aromatic N) is 1. The van der Waals surface area contributed by atoms with Crippen LogP contribution in [0.15, 0.2) is 96.1 Å². The molecule has 1 aromatic heterocycles. The number of nitrogens with one attached hydrogen (secondary N) is 4. The van der Waals surface area contributed by atoms with Crippen LogP contribution in [0.5, 0.6) is 0 Å². The maximum atomic E-state index is 7.79. The molecule has 0 amide bonds. The second kappa shape index (κ2) is 23.3. The Morgan fingerprint density at radius 1 is 1.10 bits per heavy atom. The molecule has 1 fully saturated rings. The van der Waals surface area contributed by atoms with Crippen LogP contribution in [-0.2, 0) is 0 Å². The molecule has 1 aliphatic heterocycles. The molecule has 4 N–H and O–H groups in total. The number of hydrogen-bond acceptors (Lipinski definition) is 5. The van der Waals surface area contributed by atoms with Crippen molar-refractivity contribution in [1.29, 1.82) is 5.41 Å². The highest BCUT2D eigenvalue weighted by Gasteiger charge is 2.12. The zero-order valence-corrected chi connectivity index (χ0v) is 27.1. The van der Waals surface area contributed by atoms with Crippen LogP contribution in [0.3, 0.4) is 0 Å². The third kappa shape index (κ3) is 15.2. The maximum absolute atomic E-state index is 7.79. The van der Waals surface area contributed by atoms with Gasteiger partial charge in [0.05, 0.1) is 5.69 Å². The van der Waals surface area contributed by atoms with Crippen LogP contribution >= 0.6 is 0 Å². The van der Waals surface area contributed by atoms with Gasteiger partial charge in [-0.15, -0.1) is 0 Å². The summed E-state index contributed by atoms with van der Waals surface area (Å²) in [5, 5.41) is 17.8. The van der Waals surface area contributed by atoms with Crippen molar-refractivity contribution in [2.75, 3.05) is 25.5 Å². The summed E-state index contributed by atoms with van der Waals surface area (Å²) < 4.78 is 0. The molecule has 0 aliphatic carbocycles. The van der Waals surface area contributed by atoms with Crippen molar-refractivity contribution in [3.05, 3.63) is 102 Å². The lowest BCUT2D eigenvalue weighted by Crippen LogP contribution is -2.35. The number of piperidine rings is 1. The fraction of sp³-hybridized carbons (Fsp3) is 0.444. The largest absolute Gasteiger partial charge is 0.392 e. The van der Waals surface area contributed by atoms with Gasteiger partial charge in [-0.25, -0.2) is 0 Å². The van der Waals surface area contributed by atoms with Crippen molar-refractivity contribution in [2.24, 2.45) is 5.92 Å². The zero-order chi connectivity index (χ0) is 31.0. The third-order valence-electron chi connectivity index (χ3n) is 6.67. The van der Waals surface area contributed by atoms with Gasteiger partial charge < -0.3 is 21.4 Å². The average molecular weight is 560 g/mol. The molecule has 1 atom stereocenters. The number of allylic oxidation sites excluding steroid dienone is 11. The van der Waals surface area contributed by atoms with Gasteiger partial charge in [0.2, 0.25) is 0 Å². The molecule has 1 saturated heterocycles. The lowest BCUT2D eigenvalue weighted by molar-refractivity contribution is 0.479. The highest BCUT2D eigenvalue weighted by molar-refractivity contribution is 5.84. The molecule has 0 saturated carbocycles. The minimum Gasteiger partial charge on any atom is -0.392 e. The summed E-state index contributed by atoms with van der Waals surface area (Å²) in [5.41, 5.74) is 7.48. The first-order valence-electron chi connectivity index (χ1n) is 15.2. The number of rotatable bonds is 13. The minimum absolute atomic E-state index is 0.452. The molecule has 0 aromatic carbocycles. The van der Waals surface area contributed by atoms with E-state index < -0.39 is 0 Å². The van der Waals surface area contributed by atoms with E-state index in [1.165, 1.54) is 19.1 Å². The Labute approximate surface area is 251 Å². The standard InChI is InChI=1S/C22H34N2.C12H17N3.C2H6/c1-8-12-19(10-3)21(14-18(6)24-7)15-20(11-4)22(16-23)13-17(5)9-2;1-2-10-7-12(9-14-8-10)15-11-3-5-13-6-4-11;1-2/h10-17,23-24H,3,8-9H2,1-2,4-7H3;2,7-9,11,13,15H,1,3-6H2;1-2H3/b18-14+,19-12+,20-11+,21-15-,22-13+,23-16?;;. The van der Waals surface area contributed by atoms with Crippen molar-refractivity contribution < 1.29 is 0 Å². The highest BCUT2D eigenvalue weighted by atomic mass is 15.0. The molecule has 2 heterocycles. The first-order chi connectivity index (χ1) is 19.8. The van der Waals surface area contributed by atoms with E-state index in [0.29, 0.717) is 12.0 Å². The zero-order valence-electron chi connectivity index (χ0n) is 27.1. The minimum atomic E-state index is 0.452. The van der Waals surface area contributed by atoms with Gasteiger partial charge in [0.25, 0.3) is 0 Å². The Bertz CT molecular complexity index is 1070. The van der Waals surface area contributed by atoms with Gasteiger partial charge in [0.1, 0.15) is 0 Å². The lowest BCUT2D eigenvalue weighted by Gasteiger charge is -2.24. The van der Waals surface area contributed by atoms with E-state index in [4.69, 9.17) is 5.41 Å². The molecule has 226 valence electrons. The topological polar surface area (TPSA) is 72.8 Å². The second-order valence-corrected chi connectivity index (χ2v) is 9.72. The number of aromatic nitrogens is 1. The molecule has 1 unspecified atom stereocenters. The molecule has 0 radical (unpaired) electrons. The van der Waals surface area contributed by atoms with Gasteiger partial charge in [0.15, 0.2) is 0 Å². The van der Waals surface area contributed by atoms with Crippen molar-refractivity contribution in [3.63, 3.8) is 0 Å². The quantitative estimate of drug-likeness (QED) is 0.144. The maximum Gasteiger partial charge on any atom is 0.0534 e. The SMILES string of the molecule is C=CC(=C\CC)/C(=C\C(=C/C)C(\C=N)=C\C(C)CC)/C=C(\C)NC.C=Cc1cncc(NC2CCNCC2)c1.CC.